The third-order valence-corrected chi connectivity index (χ3v) is 5.91. The molecule has 1 saturated carbocycles. The zero-order valence-electron chi connectivity index (χ0n) is 16.5. The van der Waals surface area contributed by atoms with Crippen LogP contribution in [0.1, 0.15) is 71.7 Å². The van der Waals surface area contributed by atoms with Gasteiger partial charge in [-0.05, 0) is 57.3 Å². The van der Waals surface area contributed by atoms with E-state index >= 15 is 0 Å². The van der Waals surface area contributed by atoms with Crippen molar-refractivity contribution in [2.24, 2.45) is 0 Å². The Bertz CT molecular complexity index is 909. The summed E-state index contributed by atoms with van der Waals surface area (Å²) in [6.45, 7) is 3.79. The summed E-state index contributed by atoms with van der Waals surface area (Å²) >= 11 is 0. The van der Waals surface area contributed by atoms with Crippen LogP contribution in [-0.2, 0) is 6.54 Å². The van der Waals surface area contributed by atoms with E-state index in [2.05, 4.69) is 15.5 Å². The Morgan fingerprint density at radius 2 is 2.07 bits per heavy atom. The molecule has 0 atom stereocenters. The van der Waals surface area contributed by atoms with E-state index in [4.69, 9.17) is 4.52 Å². The number of amides is 1. The zero-order valence-corrected chi connectivity index (χ0v) is 16.5. The Morgan fingerprint density at radius 3 is 2.75 bits per heavy atom. The molecule has 8 nitrogen and oxygen atoms in total. The second kappa shape index (κ2) is 7.87. The maximum atomic E-state index is 13.1. The van der Waals surface area contributed by atoms with Gasteiger partial charge in [0.15, 0.2) is 5.82 Å². The Balaban J connectivity index is 1.53. The van der Waals surface area contributed by atoms with E-state index in [1.807, 2.05) is 12.3 Å². The monoisotopic (exact) mass is 385 g/mol. The van der Waals surface area contributed by atoms with Crippen molar-refractivity contribution >= 4 is 5.91 Å². The largest absolute Gasteiger partial charge is 0.339 e. The Morgan fingerprint density at radius 1 is 1.32 bits per heavy atom. The summed E-state index contributed by atoms with van der Waals surface area (Å²) in [6.07, 6.45) is 6.94. The highest BCUT2D eigenvalue weighted by atomic mass is 16.5. The van der Waals surface area contributed by atoms with Gasteiger partial charge in [0.2, 0.25) is 5.89 Å². The van der Waals surface area contributed by atoms with E-state index in [1.54, 1.807) is 18.5 Å². The summed E-state index contributed by atoms with van der Waals surface area (Å²) in [6, 6.07) is 1.99. The number of hydrogen-bond acceptors (Lipinski definition) is 6. The van der Waals surface area contributed by atoms with Crippen LogP contribution < -0.4 is 10.9 Å². The Kier molecular flexibility index (Phi) is 5.30. The van der Waals surface area contributed by atoms with Crippen LogP contribution in [-0.4, -0.2) is 45.7 Å². The zero-order chi connectivity index (χ0) is 19.7. The fraction of sp³-hybridized carbons (Fsp3) is 0.600. The molecule has 1 aliphatic carbocycles. The molecule has 0 unspecified atom stereocenters. The molecule has 8 heteroatoms. The fourth-order valence-electron chi connectivity index (χ4n) is 3.90. The quantitative estimate of drug-likeness (QED) is 0.846. The van der Waals surface area contributed by atoms with Crippen LogP contribution in [0.4, 0.5) is 0 Å². The van der Waals surface area contributed by atoms with Crippen molar-refractivity contribution in [1.29, 1.82) is 0 Å². The van der Waals surface area contributed by atoms with Crippen molar-refractivity contribution in [1.82, 2.24) is 24.9 Å². The first kappa shape index (κ1) is 18.9. The van der Waals surface area contributed by atoms with Gasteiger partial charge in [0.05, 0.1) is 6.54 Å². The molecule has 0 radical (unpaired) electrons. The molecule has 1 amide bonds. The number of carbonyl (C=O) groups excluding carboxylic acids is 1. The summed E-state index contributed by atoms with van der Waals surface area (Å²) in [7, 11) is 1.67. The summed E-state index contributed by atoms with van der Waals surface area (Å²) in [4.78, 5) is 32.0. The van der Waals surface area contributed by atoms with E-state index in [9.17, 15) is 9.59 Å². The fourth-order valence-corrected chi connectivity index (χ4v) is 3.90. The minimum Gasteiger partial charge on any atom is -0.339 e. The molecule has 0 bridgehead atoms. The molecule has 4 rings (SSSR count). The standard InChI is InChI=1S/C20H27N5O3/c1-13-8-11-25(15-6-9-21-10-7-15)20(27)17(13)19(26)24(2)12-16-22-18(28-23-16)14-4-3-5-14/h8,11,14-15,21H,3-7,9-10,12H2,1-2H3. The minimum absolute atomic E-state index is 0.133. The number of carbonyl (C=O) groups is 1. The van der Waals surface area contributed by atoms with Crippen LogP contribution in [0.15, 0.2) is 21.6 Å². The average molecular weight is 385 g/mol. The smallest absolute Gasteiger partial charge is 0.263 e. The third kappa shape index (κ3) is 3.61. The number of nitrogens with one attached hydrogen (secondary N) is 1. The topological polar surface area (TPSA) is 93.3 Å². The molecule has 0 aromatic carbocycles. The van der Waals surface area contributed by atoms with Gasteiger partial charge in [0.25, 0.3) is 11.5 Å². The Hall–Kier alpha value is -2.48. The highest BCUT2D eigenvalue weighted by Gasteiger charge is 2.27. The number of aryl methyl sites for hydroxylation is 1. The summed E-state index contributed by atoms with van der Waals surface area (Å²) < 4.78 is 7.05. The van der Waals surface area contributed by atoms with Gasteiger partial charge in [-0.25, -0.2) is 0 Å². The van der Waals surface area contributed by atoms with E-state index in [0.29, 0.717) is 23.2 Å². The van der Waals surface area contributed by atoms with Gasteiger partial charge in [0.1, 0.15) is 5.56 Å². The first-order chi connectivity index (χ1) is 13.5. The van der Waals surface area contributed by atoms with Gasteiger partial charge in [-0.15, -0.1) is 0 Å². The molecule has 150 valence electrons. The highest BCUT2D eigenvalue weighted by Crippen LogP contribution is 2.35. The molecular formula is C20H27N5O3. The lowest BCUT2D eigenvalue weighted by Gasteiger charge is -2.26. The number of aromatic nitrogens is 3. The molecule has 1 N–H and O–H groups in total. The minimum atomic E-state index is -0.305. The summed E-state index contributed by atoms with van der Waals surface area (Å²) in [5, 5.41) is 7.30. The van der Waals surface area contributed by atoms with Crippen LogP contribution in [0, 0.1) is 6.92 Å². The summed E-state index contributed by atoms with van der Waals surface area (Å²) in [5.74, 6) is 1.19. The van der Waals surface area contributed by atoms with Gasteiger partial charge in [-0.2, -0.15) is 4.98 Å². The molecule has 2 aromatic heterocycles. The van der Waals surface area contributed by atoms with Crippen LogP contribution >= 0.6 is 0 Å². The Labute approximate surface area is 163 Å². The molecule has 1 saturated heterocycles. The summed E-state index contributed by atoms with van der Waals surface area (Å²) in [5.41, 5.74) is 0.702. The lowest BCUT2D eigenvalue weighted by Crippen LogP contribution is -2.39. The molecule has 0 spiro atoms. The van der Waals surface area contributed by atoms with Gasteiger partial charge >= 0.3 is 0 Å². The van der Waals surface area contributed by atoms with Crippen LogP contribution in [0.3, 0.4) is 0 Å². The van der Waals surface area contributed by atoms with Gasteiger partial charge < -0.3 is 19.3 Å². The normalized spacial score (nSPS) is 18.1. The van der Waals surface area contributed by atoms with E-state index in [-0.39, 0.29) is 29.6 Å². The predicted octanol–water partition coefficient (Wildman–Crippen LogP) is 2.00. The SMILES string of the molecule is Cc1ccn(C2CCNCC2)c(=O)c1C(=O)N(C)Cc1noc(C2CCC2)n1. The first-order valence-electron chi connectivity index (χ1n) is 10.0. The second-order valence-corrected chi connectivity index (χ2v) is 7.91. The van der Waals surface area contributed by atoms with Crippen molar-refractivity contribution in [2.75, 3.05) is 20.1 Å². The van der Waals surface area contributed by atoms with Gasteiger partial charge in [-0.3, -0.25) is 9.59 Å². The second-order valence-electron chi connectivity index (χ2n) is 7.91. The molecule has 3 heterocycles. The predicted molar refractivity (Wildman–Crippen MR) is 103 cm³/mol. The first-order valence-corrected chi connectivity index (χ1v) is 10.0. The average Bonchev–Trinajstić information content (AvgIpc) is 3.08. The maximum Gasteiger partial charge on any atom is 0.263 e. The number of pyridine rings is 1. The van der Waals surface area contributed by atoms with E-state index in [0.717, 1.165) is 38.8 Å². The van der Waals surface area contributed by atoms with Crippen LogP contribution in [0.5, 0.6) is 0 Å². The number of rotatable bonds is 5. The molecule has 28 heavy (non-hydrogen) atoms. The molecule has 1 aliphatic heterocycles. The van der Waals surface area contributed by atoms with E-state index < -0.39 is 0 Å². The molecular weight excluding hydrogens is 358 g/mol. The lowest BCUT2D eigenvalue weighted by molar-refractivity contribution is 0.0777. The highest BCUT2D eigenvalue weighted by molar-refractivity contribution is 5.95. The third-order valence-electron chi connectivity index (χ3n) is 5.91. The number of hydrogen-bond donors (Lipinski definition) is 1. The van der Waals surface area contributed by atoms with Crippen LogP contribution in [0.2, 0.25) is 0 Å². The maximum absolute atomic E-state index is 13.1. The number of nitrogens with zero attached hydrogens (tertiary/aromatic N) is 4. The molecule has 2 aliphatic rings. The van der Waals surface area contributed by atoms with Crippen molar-refractivity contribution in [3.63, 3.8) is 0 Å². The molecule has 2 fully saturated rings. The van der Waals surface area contributed by atoms with Crippen molar-refractivity contribution in [2.45, 2.75) is 57.5 Å². The van der Waals surface area contributed by atoms with Crippen molar-refractivity contribution in [3.8, 4) is 0 Å². The van der Waals surface area contributed by atoms with Crippen molar-refractivity contribution < 1.29 is 9.32 Å². The van der Waals surface area contributed by atoms with Gasteiger partial charge in [0, 0.05) is 25.2 Å². The van der Waals surface area contributed by atoms with Crippen LogP contribution in [0.25, 0.3) is 0 Å². The van der Waals surface area contributed by atoms with Crippen molar-refractivity contribution in [3.05, 3.63) is 45.5 Å². The van der Waals surface area contributed by atoms with E-state index in [1.165, 1.54) is 11.3 Å². The molecule has 2 aromatic rings. The number of piperidine rings is 1. The lowest BCUT2D eigenvalue weighted by atomic mass is 9.85. The van der Waals surface area contributed by atoms with Gasteiger partial charge in [-0.1, -0.05) is 11.6 Å².